The lowest BCUT2D eigenvalue weighted by molar-refractivity contribution is 0.0627. The highest BCUT2D eigenvalue weighted by atomic mass is 35.5. The maximum Gasteiger partial charge on any atom is 0.0494 e. The maximum atomic E-state index is 6.19. The molecule has 0 saturated heterocycles. The van der Waals surface area contributed by atoms with Crippen molar-refractivity contribution in [2.24, 2.45) is 11.8 Å². The smallest absolute Gasteiger partial charge is 0.0494 e. The van der Waals surface area contributed by atoms with Gasteiger partial charge in [0.15, 0.2) is 0 Å². The fourth-order valence-electron chi connectivity index (χ4n) is 3.22. The minimum absolute atomic E-state index is 0.369. The molecule has 4 atom stereocenters. The first-order valence-corrected chi connectivity index (χ1v) is 11.8. The quantitative estimate of drug-likeness (QED) is 0.168. The lowest BCUT2D eigenvalue weighted by Gasteiger charge is -2.19. The number of halogens is 2. The van der Waals surface area contributed by atoms with Crippen LogP contribution in [0.4, 0.5) is 0 Å². The van der Waals surface area contributed by atoms with Crippen LogP contribution in [0.2, 0.25) is 0 Å². The van der Waals surface area contributed by atoms with Crippen LogP contribution in [0.5, 0.6) is 0 Å². The number of hydrogen-bond acceptors (Lipinski definition) is 1. The van der Waals surface area contributed by atoms with Gasteiger partial charge in [0.1, 0.15) is 0 Å². The standard InChI is InChI=1S/C22H44Cl2O/c1-5-19(13-9-11-15-21(23)7-3)17-25-18-20(6-2)14-10-12-16-22(24)8-4/h19-22H,5-18H2,1-4H3. The van der Waals surface area contributed by atoms with Crippen LogP contribution in [0.25, 0.3) is 0 Å². The molecule has 0 saturated carbocycles. The zero-order valence-corrected chi connectivity index (χ0v) is 18.9. The molecule has 152 valence electrons. The van der Waals surface area contributed by atoms with Gasteiger partial charge in [0.2, 0.25) is 0 Å². The molecule has 25 heavy (non-hydrogen) atoms. The van der Waals surface area contributed by atoms with Crippen molar-refractivity contribution in [3.8, 4) is 0 Å². The van der Waals surface area contributed by atoms with Crippen LogP contribution in [-0.4, -0.2) is 24.0 Å². The van der Waals surface area contributed by atoms with Crippen LogP contribution in [-0.2, 0) is 4.74 Å². The monoisotopic (exact) mass is 394 g/mol. The summed E-state index contributed by atoms with van der Waals surface area (Å²) in [6.07, 6.45) is 14.6. The Morgan fingerprint density at radius 1 is 0.560 bits per heavy atom. The molecule has 0 aliphatic heterocycles. The predicted molar refractivity (Wildman–Crippen MR) is 115 cm³/mol. The lowest BCUT2D eigenvalue weighted by Crippen LogP contribution is -2.15. The predicted octanol–water partition coefficient (Wildman–Crippen LogP) is 8.21. The largest absolute Gasteiger partial charge is 0.381 e. The fourth-order valence-corrected chi connectivity index (χ4v) is 3.53. The average Bonchev–Trinajstić information content (AvgIpc) is 2.64. The molecule has 0 aliphatic carbocycles. The topological polar surface area (TPSA) is 9.23 Å². The molecule has 0 rings (SSSR count). The summed E-state index contributed by atoms with van der Waals surface area (Å²) < 4.78 is 6.09. The molecule has 1 nitrogen and oxygen atoms in total. The second kappa shape index (κ2) is 17.9. The van der Waals surface area contributed by atoms with E-state index in [1.165, 1.54) is 51.4 Å². The summed E-state index contributed by atoms with van der Waals surface area (Å²) in [5, 5.41) is 0.737. The van der Waals surface area contributed by atoms with Gasteiger partial charge >= 0.3 is 0 Å². The Balaban J connectivity index is 3.75. The number of unbranched alkanes of at least 4 members (excludes halogenated alkanes) is 2. The first-order chi connectivity index (χ1) is 12.1. The number of alkyl halides is 2. The molecule has 0 amide bonds. The van der Waals surface area contributed by atoms with E-state index in [1.807, 2.05) is 0 Å². The first-order valence-electron chi connectivity index (χ1n) is 10.9. The molecule has 0 aromatic carbocycles. The van der Waals surface area contributed by atoms with E-state index in [9.17, 15) is 0 Å². The van der Waals surface area contributed by atoms with E-state index in [1.54, 1.807) is 0 Å². The van der Waals surface area contributed by atoms with Gasteiger partial charge in [-0.1, -0.05) is 66.2 Å². The van der Waals surface area contributed by atoms with Gasteiger partial charge in [-0.25, -0.2) is 0 Å². The van der Waals surface area contributed by atoms with Crippen LogP contribution >= 0.6 is 23.2 Å². The molecule has 4 unspecified atom stereocenters. The third-order valence-corrected chi connectivity index (χ3v) is 6.56. The maximum absolute atomic E-state index is 6.19. The molecule has 0 radical (unpaired) electrons. The van der Waals surface area contributed by atoms with Crippen molar-refractivity contribution < 1.29 is 4.74 Å². The van der Waals surface area contributed by atoms with Crippen LogP contribution in [0, 0.1) is 11.8 Å². The van der Waals surface area contributed by atoms with Crippen molar-refractivity contribution in [1.82, 2.24) is 0 Å². The van der Waals surface area contributed by atoms with Crippen molar-refractivity contribution in [2.45, 2.75) is 115 Å². The lowest BCUT2D eigenvalue weighted by atomic mass is 9.97. The van der Waals surface area contributed by atoms with E-state index in [0.29, 0.717) is 10.8 Å². The summed E-state index contributed by atoms with van der Waals surface area (Å²) >= 11 is 12.4. The number of hydrogen-bond donors (Lipinski definition) is 0. The first kappa shape index (κ1) is 25.5. The van der Waals surface area contributed by atoms with Crippen molar-refractivity contribution >= 4 is 23.2 Å². The molecule has 0 N–H and O–H groups in total. The van der Waals surface area contributed by atoms with E-state index < -0.39 is 0 Å². The molecular weight excluding hydrogens is 351 g/mol. The van der Waals surface area contributed by atoms with Gasteiger partial charge in [0.05, 0.1) is 0 Å². The Morgan fingerprint density at radius 2 is 0.920 bits per heavy atom. The summed E-state index contributed by atoms with van der Waals surface area (Å²) in [4.78, 5) is 0. The van der Waals surface area contributed by atoms with Gasteiger partial charge in [-0.3, -0.25) is 0 Å². The highest BCUT2D eigenvalue weighted by Crippen LogP contribution is 2.20. The zero-order valence-electron chi connectivity index (χ0n) is 17.4. The summed E-state index contributed by atoms with van der Waals surface area (Å²) in [5.41, 5.74) is 0. The minimum Gasteiger partial charge on any atom is -0.381 e. The Kier molecular flexibility index (Phi) is 18.3. The van der Waals surface area contributed by atoms with Gasteiger partial charge in [0, 0.05) is 24.0 Å². The minimum atomic E-state index is 0.369. The molecule has 0 aliphatic rings. The Hall–Kier alpha value is 0.540. The van der Waals surface area contributed by atoms with Gasteiger partial charge in [-0.05, 0) is 50.4 Å². The van der Waals surface area contributed by atoms with Gasteiger partial charge in [0.25, 0.3) is 0 Å². The third kappa shape index (κ3) is 15.3. The van der Waals surface area contributed by atoms with Gasteiger partial charge < -0.3 is 4.74 Å². The van der Waals surface area contributed by atoms with Crippen LogP contribution < -0.4 is 0 Å². The summed E-state index contributed by atoms with van der Waals surface area (Å²) in [6.45, 7) is 10.8. The molecule has 0 bridgehead atoms. The van der Waals surface area contributed by atoms with E-state index in [4.69, 9.17) is 27.9 Å². The van der Waals surface area contributed by atoms with E-state index in [2.05, 4.69) is 27.7 Å². The second-order valence-corrected chi connectivity index (χ2v) is 8.90. The van der Waals surface area contributed by atoms with Crippen molar-refractivity contribution in [3.05, 3.63) is 0 Å². The van der Waals surface area contributed by atoms with Crippen molar-refractivity contribution in [1.29, 1.82) is 0 Å². The second-order valence-electron chi connectivity index (χ2n) is 7.67. The number of rotatable bonds is 18. The van der Waals surface area contributed by atoms with Crippen molar-refractivity contribution in [3.63, 3.8) is 0 Å². The normalized spacial score (nSPS) is 16.6. The average molecular weight is 395 g/mol. The van der Waals surface area contributed by atoms with Gasteiger partial charge in [-0.2, -0.15) is 0 Å². The van der Waals surface area contributed by atoms with E-state index in [0.717, 1.165) is 50.7 Å². The number of ether oxygens (including phenoxy) is 1. The summed E-state index contributed by atoms with van der Waals surface area (Å²) in [6, 6.07) is 0. The Labute approximate surface area is 168 Å². The fraction of sp³-hybridized carbons (Fsp3) is 1.00. The molecule has 0 aromatic heterocycles. The van der Waals surface area contributed by atoms with Crippen LogP contribution in [0.1, 0.15) is 105 Å². The highest BCUT2D eigenvalue weighted by Gasteiger charge is 2.11. The molecular formula is C22H44Cl2O. The third-order valence-electron chi connectivity index (χ3n) is 5.51. The molecule has 0 fully saturated rings. The molecule has 0 spiro atoms. The zero-order chi connectivity index (χ0) is 18.9. The molecule has 0 aromatic rings. The Bertz CT molecular complexity index is 247. The molecule has 0 heterocycles. The SMILES string of the molecule is CCC(Cl)CCCCC(CC)COCC(CC)CCCCC(Cl)CC. The molecule has 3 heteroatoms. The van der Waals surface area contributed by atoms with Crippen LogP contribution in [0.3, 0.4) is 0 Å². The van der Waals surface area contributed by atoms with Crippen molar-refractivity contribution in [2.75, 3.05) is 13.2 Å². The Morgan fingerprint density at radius 3 is 1.24 bits per heavy atom. The van der Waals surface area contributed by atoms with Gasteiger partial charge in [-0.15, -0.1) is 23.2 Å². The summed E-state index contributed by atoms with van der Waals surface area (Å²) in [7, 11) is 0. The van der Waals surface area contributed by atoms with E-state index >= 15 is 0 Å². The van der Waals surface area contributed by atoms with E-state index in [-0.39, 0.29) is 0 Å². The van der Waals surface area contributed by atoms with Crippen LogP contribution in [0.15, 0.2) is 0 Å². The summed E-state index contributed by atoms with van der Waals surface area (Å²) in [5.74, 6) is 1.43. The highest BCUT2D eigenvalue weighted by molar-refractivity contribution is 6.20.